The molecule has 0 unspecified atom stereocenters. The molecule has 0 saturated carbocycles. The highest BCUT2D eigenvalue weighted by molar-refractivity contribution is 6.24. The van der Waals surface area contributed by atoms with Crippen molar-refractivity contribution in [2.75, 3.05) is 0 Å². The average molecular weight is 347 g/mol. The lowest BCUT2D eigenvalue weighted by atomic mass is 9.86. The fraction of sp³-hybridized carbons (Fsp3) is 0.0500. The van der Waals surface area contributed by atoms with Crippen molar-refractivity contribution in [2.24, 2.45) is 0 Å². The van der Waals surface area contributed by atoms with E-state index in [0.717, 1.165) is 10.1 Å². The number of hydrogen-bond donors (Lipinski definition) is 2. The second kappa shape index (κ2) is 5.70. The number of ketones is 1. The van der Waals surface area contributed by atoms with Gasteiger partial charge in [0.15, 0.2) is 5.76 Å². The Kier molecular flexibility index (Phi) is 3.47. The molecule has 0 atom stereocenters. The highest BCUT2D eigenvalue weighted by Crippen LogP contribution is 2.36. The first-order valence-corrected chi connectivity index (χ1v) is 7.90. The molecule has 0 saturated heterocycles. The summed E-state index contributed by atoms with van der Waals surface area (Å²) >= 11 is 0. The number of aromatic nitrogens is 1. The summed E-state index contributed by atoms with van der Waals surface area (Å²) in [4.78, 5) is 36.3. The van der Waals surface area contributed by atoms with Crippen LogP contribution in [0.15, 0.2) is 59.2 Å². The Bertz CT molecular complexity index is 1170. The van der Waals surface area contributed by atoms with Gasteiger partial charge in [0.25, 0.3) is 5.56 Å². The van der Waals surface area contributed by atoms with Gasteiger partial charge in [-0.2, -0.15) is 0 Å². The van der Waals surface area contributed by atoms with Gasteiger partial charge in [-0.25, -0.2) is 0 Å². The minimum Gasteiger partial charge on any atom is -0.504 e. The standard InChI is InChI=1S/C20H13NO5/c22-15-8-12-9-21(10-16(23)24)20(26)14-7-6-13(11-4-2-1-3-5-11)18(17(12)14)19(15)25/h1-9,22H,10H2,(H,23,24). The van der Waals surface area contributed by atoms with Crippen LogP contribution in [0, 0.1) is 0 Å². The third-order valence-electron chi connectivity index (χ3n) is 4.42. The fourth-order valence-electron chi connectivity index (χ4n) is 3.33. The lowest BCUT2D eigenvalue weighted by Gasteiger charge is -2.19. The summed E-state index contributed by atoms with van der Waals surface area (Å²) in [6.07, 6.45) is 2.63. The van der Waals surface area contributed by atoms with Gasteiger partial charge in [0.1, 0.15) is 6.54 Å². The Labute approximate surface area is 147 Å². The number of aliphatic carboxylic acids is 1. The van der Waals surface area contributed by atoms with Crippen LogP contribution in [0.25, 0.3) is 28.0 Å². The van der Waals surface area contributed by atoms with E-state index in [9.17, 15) is 19.5 Å². The SMILES string of the molecule is O=C(O)Cn1cc2c3c(c(-c4ccccc4)ccc3c1=O)C(=O)C(O)=C2. The molecule has 0 bridgehead atoms. The molecule has 1 heterocycles. The number of aliphatic hydroxyl groups is 1. The zero-order valence-electron chi connectivity index (χ0n) is 13.5. The summed E-state index contributed by atoms with van der Waals surface area (Å²) in [5, 5.41) is 19.8. The van der Waals surface area contributed by atoms with E-state index in [1.807, 2.05) is 30.3 Å². The molecule has 1 aliphatic rings. The van der Waals surface area contributed by atoms with Crippen LogP contribution < -0.4 is 5.56 Å². The zero-order chi connectivity index (χ0) is 18.4. The largest absolute Gasteiger partial charge is 0.504 e. The van der Waals surface area contributed by atoms with Gasteiger partial charge in [-0.15, -0.1) is 0 Å². The maximum Gasteiger partial charge on any atom is 0.323 e. The monoisotopic (exact) mass is 347 g/mol. The van der Waals surface area contributed by atoms with E-state index in [1.54, 1.807) is 12.1 Å². The maximum absolute atomic E-state index is 12.6. The quantitative estimate of drug-likeness (QED) is 0.759. The number of hydrogen-bond acceptors (Lipinski definition) is 4. The van der Waals surface area contributed by atoms with Crippen molar-refractivity contribution in [3.8, 4) is 11.1 Å². The average Bonchev–Trinajstić information content (AvgIpc) is 2.63. The molecular weight excluding hydrogens is 334 g/mol. The first-order valence-electron chi connectivity index (χ1n) is 7.90. The number of carboxylic acids is 1. The van der Waals surface area contributed by atoms with Crippen LogP contribution in [0.3, 0.4) is 0 Å². The second-order valence-corrected chi connectivity index (χ2v) is 6.05. The number of carbonyl (C=O) groups excluding carboxylic acids is 1. The Morgan fingerprint density at radius 2 is 1.77 bits per heavy atom. The van der Waals surface area contributed by atoms with Crippen molar-refractivity contribution < 1.29 is 19.8 Å². The smallest absolute Gasteiger partial charge is 0.323 e. The van der Waals surface area contributed by atoms with Gasteiger partial charge in [-0.3, -0.25) is 14.4 Å². The third-order valence-corrected chi connectivity index (χ3v) is 4.42. The highest BCUT2D eigenvalue weighted by Gasteiger charge is 2.27. The number of pyridine rings is 1. The number of Topliss-reactive ketones (excluding diaryl/α,β-unsaturated/α-hetero) is 1. The van der Waals surface area contributed by atoms with E-state index in [4.69, 9.17) is 5.11 Å². The Morgan fingerprint density at radius 3 is 2.46 bits per heavy atom. The minimum absolute atomic E-state index is 0.246. The molecule has 0 aliphatic heterocycles. The zero-order valence-corrected chi connectivity index (χ0v) is 13.5. The fourth-order valence-corrected chi connectivity index (χ4v) is 3.33. The number of carbonyl (C=O) groups is 2. The number of allylic oxidation sites excluding steroid dienone is 1. The van der Waals surface area contributed by atoms with E-state index < -0.39 is 29.6 Å². The third kappa shape index (κ3) is 2.31. The molecule has 0 amide bonds. The van der Waals surface area contributed by atoms with Crippen LogP contribution >= 0.6 is 0 Å². The number of rotatable bonds is 3. The maximum atomic E-state index is 12.6. The van der Waals surface area contributed by atoms with Gasteiger partial charge in [0, 0.05) is 28.1 Å². The van der Waals surface area contributed by atoms with Gasteiger partial charge < -0.3 is 14.8 Å². The van der Waals surface area contributed by atoms with Crippen LogP contribution in [0.4, 0.5) is 0 Å². The van der Waals surface area contributed by atoms with Crippen molar-refractivity contribution in [3.63, 3.8) is 0 Å². The molecule has 26 heavy (non-hydrogen) atoms. The van der Waals surface area contributed by atoms with E-state index in [0.29, 0.717) is 16.5 Å². The molecule has 1 aliphatic carbocycles. The van der Waals surface area contributed by atoms with Crippen LogP contribution in [0.2, 0.25) is 0 Å². The van der Waals surface area contributed by atoms with E-state index in [1.165, 1.54) is 12.3 Å². The number of nitrogens with zero attached hydrogens (tertiary/aromatic N) is 1. The topological polar surface area (TPSA) is 96.6 Å². The summed E-state index contributed by atoms with van der Waals surface area (Å²) in [7, 11) is 0. The second-order valence-electron chi connectivity index (χ2n) is 6.05. The highest BCUT2D eigenvalue weighted by atomic mass is 16.4. The number of carboxylic acid groups (broad SMARTS) is 1. The molecule has 0 fully saturated rings. The number of benzene rings is 2. The molecular formula is C20H13NO5. The van der Waals surface area contributed by atoms with E-state index in [2.05, 4.69) is 0 Å². The number of aliphatic hydroxyl groups excluding tert-OH is 1. The molecule has 0 spiro atoms. The first-order chi connectivity index (χ1) is 12.5. The summed E-state index contributed by atoms with van der Waals surface area (Å²) in [5.74, 6) is -2.15. The van der Waals surface area contributed by atoms with Crippen LogP contribution in [-0.2, 0) is 11.3 Å². The van der Waals surface area contributed by atoms with Crippen LogP contribution in [0.1, 0.15) is 15.9 Å². The minimum atomic E-state index is -1.15. The normalized spacial score (nSPS) is 12.9. The Morgan fingerprint density at radius 1 is 1.04 bits per heavy atom. The van der Waals surface area contributed by atoms with Gasteiger partial charge in [0.05, 0.1) is 0 Å². The summed E-state index contributed by atoms with van der Waals surface area (Å²) < 4.78 is 1.06. The lowest BCUT2D eigenvalue weighted by molar-refractivity contribution is -0.137. The van der Waals surface area contributed by atoms with Gasteiger partial charge in [-0.1, -0.05) is 36.4 Å². The van der Waals surface area contributed by atoms with Crippen molar-refractivity contribution in [2.45, 2.75) is 6.54 Å². The molecule has 0 radical (unpaired) electrons. The van der Waals surface area contributed by atoms with Crippen molar-refractivity contribution in [3.05, 3.63) is 75.9 Å². The predicted octanol–water partition coefficient (Wildman–Crippen LogP) is 2.85. The van der Waals surface area contributed by atoms with E-state index >= 15 is 0 Å². The molecule has 6 nitrogen and oxygen atoms in total. The summed E-state index contributed by atoms with van der Waals surface area (Å²) in [5.41, 5.74) is 1.59. The molecule has 6 heteroatoms. The predicted molar refractivity (Wildman–Crippen MR) is 96.2 cm³/mol. The molecule has 1 aromatic heterocycles. The summed E-state index contributed by atoms with van der Waals surface area (Å²) in [6.45, 7) is -0.500. The Balaban J connectivity index is 2.12. The molecule has 128 valence electrons. The van der Waals surface area contributed by atoms with Gasteiger partial charge in [0.2, 0.25) is 5.78 Å². The van der Waals surface area contributed by atoms with E-state index in [-0.39, 0.29) is 10.9 Å². The molecule has 2 aromatic carbocycles. The van der Waals surface area contributed by atoms with Crippen molar-refractivity contribution in [1.29, 1.82) is 0 Å². The van der Waals surface area contributed by atoms with Crippen LogP contribution in [0.5, 0.6) is 0 Å². The summed E-state index contributed by atoms with van der Waals surface area (Å²) in [6, 6.07) is 12.4. The van der Waals surface area contributed by atoms with Gasteiger partial charge in [-0.05, 0) is 23.3 Å². The molecule has 3 aromatic rings. The van der Waals surface area contributed by atoms with Crippen LogP contribution in [-0.4, -0.2) is 26.5 Å². The Hall–Kier alpha value is -3.67. The van der Waals surface area contributed by atoms with Crippen molar-refractivity contribution in [1.82, 2.24) is 4.57 Å². The molecule has 2 N–H and O–H groups in total. The molecule has 4 rings (SSSR count). The first kappa shape index (κ1) is 15.8. The van der Waals surface area contributed by atoms with Gasteiger partial charge >= 0.3 is 5.97 Å². The lowest BCUT2D eigenvalue weighted by Crippen LogP contribution is -2.26. The van der Waals surface area contributed by atoms with Crippen molar-refractivity contribution >= 4 is 28.6 Å².